The summed E-state index contributed by atoms with van der Waals surface area (Å²) >= 11 is 0. The Kier molecular flexibility index (Phi) is 6.32. The van der Waals surface area contributed by atoms with Crippen molar-refractivity contribution < 1.29 is 9.53 Å². The molecule has 2 saturated heterocycles. The van der Waals surface area contributed by atoms with Crippen molar-refractivity contribution in [1.82, 2.24) is 25.1 Å². The second-order valence-electron chi connectivity index (χ2n) is 8.61. The number of nitrogens with one attached hydrogen (secondary N) is 1. The lowest BCUT2D eigenvalue weighted by Crippen LogP contribution is -2.66. The molecule has 1 aromatic heterocycles. The molecule has 7 heteroatoms. The summed E-state index contributed by atoms with van der Waals surface area (Å²) in [5.41, 5.74) is 2.97. The summed E-state index contributed by atoms with van der Waals surface area (Å²) in [7, 11) is 1.53. The van der Waals surface area contributed by atoms with Crippen molar-refractivity contribution in [2.75, 3.05) is 39.8 Å². The molecule has 0 saturated carbocycles. The minimum Gasteiger partial charge on any atom is -0.480 e. The van der Waals surface area contributed by atoms with Gasteiger partial charge in [-0.1, -0.05) is 60.7 Å². The molecule has 2 aliphatic rings. The van der Waals surface area contributed by atoms with Crippen molar-refractivity contribution >= 4 is 5.91 Å². The summed E-state index contributed by atoms with van der Waals surface area (Å²) in [5, 5.41) is 3.64. The van der Waals surface area contributed by atoms with Crippen LogP contribution in [-0.4, -0.2) is 77.6 Å². The molecule has 170 valence electrons. The highest BCUT2D eigenvalue weighted by molar-refractivity contribution is 5.92. The molecule has 3 heterocycles. The SMILES string of the molecule is COc1cncc(C(=O)N2CCN3C(C(c4ccccc4)c4ccccc4)CNC[C@H]3C2)n1. The highest BCUT2D eigenvalue weighted by Gasteiger charge is 2.40. The van der Waals surface area contributed by atoms with Crippen LogP contribution in [0.4, 0.5) is 0 Å². The number of rotatable bonds is 5. The number of amides is 1. The summed E-state index contributed by atoms with van der Waals surface area (Å²) in [6.45, 7) is 3.94. The van der Waals surface area contributed by atoms with Crippen LogP contribution in [-0.2, 0) is 0 Å². The molecule has 0 aliphatic carbocycles. The standard InChI is InChI=1S/C26H29N5O2/c1-33-24-17-28-15-22(29-24)26(32)30-12-13-31-21(18-30)14-27-16-23(31)25(19-8-4-2-5-9-19)20-10-6-3-7-11-20/h2-11,15,17,21,23,25,27H,12-14,16,18H2,1H3/t21-,23?/m0/s1. The molecule has 5 rings (SSSR count). The fraction of sp³-hybridized carbons (Fsp3) is 0.346. The van der Waals surface area contributed by atoms with Crippen LogP contribution in [0, 0.1) is 0 Å². The van der Waals surface area contributed by atoms with Gasteiger partial charge in [-0.15, -0.1) is 0 Å². The zero-order valence-electron chi connectivity index (χ0n) is 18.8. The van der Waals surface area contributed by atoms with Gasteiger partial charge in [0.05, 0.1) is 19.5 Å². The summed E-state index contributed by atoms with van der Waals surface area (Å²) < 4.78 is 5.14. The highest BCUT2D eigenvalue weighted by atomic mass is 16.5. The van der Waals surface area contributed by atoms with E-state index in [2.05, 4.69) is 80.8 Å². The number of ether oxygens (including phenoxy) is 1. The second kappa shape index (κ2) is 9.68. The number of hydrogen-bond acceptors (Lipinski definition) is 6. The average Bonchev–Trinajstić information content (AvgIpc) is 2.89. The number of fused-ring (bicyclic) bond motifs is 1. The molecule has 2 fully saturated rings. The number of methoxy groups -OCH3 is 1. The Balaban J connectivity index is 1.38. The minimum atomic E-state index is -0.0918. The molecule has 2 aromatic carbocycles. The second-order valence-corrected chi connectivity index (χ2v) is 8.61. The minimum absolute atomic E-state index is 0.0918. The fourth-order valence-corrected chi connectivity index (χ4v) is 5.17. The first-order valence-corrected chi connectivity index (χ1v) is 11.5. The van der Waals surface area contributed by atoms with Crippen LogP contribution in [0.3, 0.4) is 0 Å². The van der Waals surface area contributed by atoms with Gasteiger partial charge in [-0.05, 0) is 11.1 Å². The number of nitrogens with zero attached hydrogens (tertiary/aromatic N) is 4. The van der Waals surface area contributed by atoms with Crippen LogP contribution in [0.1, 0.15) is 27.5 Å². The van der Waals surface area contributed by atoms with E-state index in [1.165, 1.54) is 30.6 Å². The third-order valence-corrected chi connectivity index (χ3v) is 6.72. The van der Waals surface area contributed by atoms with E-state index in [1.807, 2.05) is 4.90 Å². The van der Waals surface area contributed by atoms with E-state index in [4.69, 9.17) is 4.74 Å². The van der Waals surface area contributed by atoms with Gasteiger partial charge in [-0.2, -0.15) is 0 Å². The Hall–Kier alpha value is -3.29. The first kappa shape index (κ1) is 21.6. The van der Waals surface area contributed by atoms with E-state index in [0.29, 0.717) is 30.7 Å². The summed E-state index contributed by atoms with van der Waals surface area (Å²) in [4.78, 5) is 26.0. The van der Waals surface area contributed by atoms with E-state index in [9.17, 15) is 4.79 Å². The lowest BCUT2D eigenvalue weighted by atomic mass is 9.82. The molecule has 3 aromatic rings. The van der Waals surface area contributed by atoms with Crippen molar-refractivity contribution in [2.45, 2.75) is 18.0 Å². The van der Waals surface area contributed by atoms with Gasteiger partial charge in [-0.3, -0.25) is 14.7 Å². The van der Waals surface area contributed by atoms with Gasteiger partial charge in [0, 0.05) is 50.7 Å². The number of carbonyl (C=O) groups excluding carboxylic acids is 1. The van der Waals surface area contributed by atoms with Crippen LogP contribution in [0.5, 0.6) is 5.88 Å². The van der Waals surface area contributed by atoms with E-state index in [1.54, 1.807) is 0 Å². The van der Waals surface area contributed by atoms with E-state index in [0.717, 1.165) is 19.6 Å². The zero-order chi connectivity index (χ0) is 22.6. The highest BCUT2D eigenvalue weighted by Crippen LogP contribution is 2.34. The predicted molar refractivity (Wildman–Crippen MR) is 126 cm³/mol. The molecule has 1 amide bonds. The van der Waals surface area contributed by atoms with Crippen molar-refractivity contribution in [3.05, 3.63) is 89.9 Å². The molecule has 0 spiro atoms. The molecule has 7 nitrogen and oxygen atoms in total. The lowest BCUT2D eigenvalue weighted by molar-refractivity contribution is 0.0140. The molecule has 2 atom stereocenters. The van der Waals surface area contributed by atoms with Crippen molar-refractivity contribution in [2.24, 2.45) is 0 Å². The number of hydrogen-bond donors (Lipinski definition) is 1. The fourth-order valence-electron chi connectivity index (χ4n) is 5.17. The predicted octanol–water partition coefficient (Wildman–Crippen LogP) is 2.42. The first-order chi connectivity index (χ1) is 16.2. The zero-order valence-corrected chi connectivity index (χ0v) is 18.8. The van der Waals surface area contributed by atoms with E-state index in [-0.39, 0.29) is 17.9 Å². The number of benzene rings is 2. The molecular weight excluding hydrogens is 414 g/mol. The van der Waals surface area contributed by atoms with E-state index < -0.39 is 0 Å². The maximum absolute atomic E-state index is 13.1. The molecule has 1 unspecified atom stereocenters. The van der Waals surface area contributed by atoms with Crippen LogP contribution in [0.25, 0.3) is 0 Å². The molecule has 0 bridgehead atoms. The number of aromatic nitrogens is 2. The molecular formula is C26H29N5O2. The topological polar surface area (TPSA) is 70.6 Å². The Morgan fingerprint density at radius 2 is 1.70 bits per heavy atom. The maximum Gasteiger partial charge on any atom is 0.274 e. The summed E-state index contributed by atoms with van der Waals surface area (Å²) in [5.74, 6) is 0.521. The third-order valence-electron chi connectivity index (χ3n) is 6.72. The first-order valence-electron chi connectivity index (χ1n) is 11.5. The van der Waals surface area contributed by atoms with Crippen molar-refractivity contribution in [3.63, 3.8) is 0 Å². The van der Waals surface area contributed by atoms with Gasteiger partial charge in [0.15, 0.2) is 5.69 Å². The Morgan fingerprint density at radius 3 is 2.36 bits per heavy atom. The van der Waals surface area contributed by atoms with Crippen molar-refractivity contribution in [3.8, 4) is 5.88 Å². The van der Waals surface area contributed by atoms with Crippen LogP contribution in [0.2, 0.25) is 0 Å². The van der Waals surface area contributed by atoms with Gasteiger partial charge < -0.3 is 15.0 Å². The lowest BCUT2D eigenvalue weighted by Gasteiger charge is -2.50. The number of piperazine rings is 2. The van der Waals surface area contributed by atoms with Crippen LogP contribution < -0.4 is 10.1 Å². The molecule has 0 radical (unpaired) electrons. The van der Waals surface area contributed by atoms with Gasteiger partial charge in [0.2, 0.25) is 5.88 Å². The van der Waals surface area contributed by atoms with Gasteiger partial charge in [0.1, 0.15) is 0 Å². The summed E-state index contributed by atoms with van der Waals surface area (Å²) in [6.07, 6.45) is 3.03. The van der Waals surface area contributed by atoms with E-state index >= 15 is 0 Å². The largest absolute Gasteiger partial charge is 0.480 e. The van der Waals surface area contributed by atoms with Gasteiger partial charge >= 0.3 is 0 Å². The molecule has 33 heavy (non-hydrogen) atoms. The number of carbonyl (C=O) groups is 1. The Morgan fingerprint density at radius 1 is 1.00 bits per heavy atom. The average molecular weight is 444 g/mol. The quantitative estimate of drug-likeness (QED) is 0.653. The monoisotopic (exact) mass is 443 g/mol. The van der Waals surface area contributed by atoms with Crippen LogP contribution >= 0.6 is 0 Å². The third kappa shape index (κ3) is 4.47. The van der Waals surface area contributed by atoms with Crippen molar-refractivity contribution in [1.29, 1.82) is 0 Å². The smallest absolute Gasteiger partial charge is 0.274 e. The Bertz CT molecular complexity index is 1040. The maximum atomic E-state index is 13.1. The van der Waals surface area contributed by atoms with Crippen LogP contribution in [0.15, 0.2) is 73.1 Å². The summed E-state index contributed by atoms with van der Waals surface area (Å²) in [6, 6.07) is 22.1. The molecule has 1 N–H and O–H groups in total. The van der Waals surface area contributed by atoms with Gasteiger partial charge in [-0.25, -0.2) is 4.98 Å². The van der Waals surface area contributed by atoms with Gasteiger partial charge in [0.25, 0.3) is 5.91 Å². The Labute approximate surface area is 194 Å². The molecule has 2 aliphatic heterocycles. The normalized spacial score (nSPS) is 21.0.